The second-order valence-electron chi connectivity index (χ2n) is 8.02. The monoisotopic (exact) mass is 447 g/mol. The fraction of sp³-hybridized carbons (Fsp3) is 0.542. The van der Waals surface area contributed by atoms with Crippen molar-refractivity contribution in [2.24, 2.45) is 22.9 Å². The number of hydrogen-bond acceptors (Lipinski definition) is 5. The molecule has 0 spiro atoms. The van der Waals surface area contributed by atoms with Gasteiger partial charge in [0.1, 0.15) is 24.1 Å². The third-order valence-electron chi connectivity index (χ3n) is 5.87. The van der Waals surface area contributed by atoms with E-state index in [2.05, 4.69) is 5.16 Å². The van der Waals surface area contributed by atoms with Crippen molar-refractivity contribution in [2.75, 3.05) is 18.1 Å². The molecule has 0 radical (unpaired) electrons. The zero-order chi connectivity index (χ0) is 21.3. The summed E-state index contributed by atoms with van der Waals surface area (Å²) >= 11 is 7.83. The van der Waals surface area contributed by atoms with Crippen molar-refractivity contribution in [3.05, 3.63) is 40.9 Å². The van der Waals surface area contributed by atoms with Gasteiger partial charge in [-0.25, -0.2) is 0 Å². The molecule has 162 valence electrons. The number of oxime groups is 1. The van der Waals surface area contributed by atoms with Gasteiger partial charge in [0.2, 0.25) is 0 Å². The summed E-state index contributed by atoms with van der Waals surface area (Å²) in [6.07, 6.45) is 8.60. The van der Waals surface area contributed by atoms with E-state index in [1.807, 2.05) is 55.1 Å². The van der Waals surface area contributed by atoms with Gasteiger partial charge in [0.25, 0.3) is 0 Å². The minimum Gasteiger partial charge on any atom is -0.395 e. The summed E-state index contributed by atoms with van der Waals surface area (Å²) in [5.41, 5.74) is 1.64. The number of thioether (sulfide) groups is 1. The lowest BCUT2D eigenvalue weighted by atomic mass is 9.72. The summed E-state index contributed by atoms with van der Waals surface area (Å²) in [5.74, 6) is 2.35. The van der Waals surface area contributed by atoms with Crippen LogP contribution in [0.1, 0.15) is 51.0 Å². The molecule has 0 bridgehead atoms. The number of carbonyl (C=O) groups is 2. The first-order valence-electron chi connectivity index (χ1n) is 10.8. The van der Waals surface area contributed by atoms with Gasteiger partial charge in [0.05, 0.1) is 5.71 Å². The minimum atomic E-state index is -0.702. The summed E-state index contributed by atoms with van der Waals surface area (Å²) in [5, 5.41) is 4.90. The number of benzene rings is 1. The summed E-state index contributed by atoms with van der Waals surface area (Å²) in [6.45, 7) is 2.33. The molecule has 1 aliphatic carbocycles. The van der Waals surface area contributed by atoms with Crippen LogP contribution in [0.4, 0.5) is 0 Å². The van der Waals surface area contributed by atoms with Crippen LogP contribution >= 0.6 is 23.4 Å². The van der Waals surface area contributed by atoms with E-state index in [0.717, 1.165) is 17.7 Å². The highest BCUT2D eigenvalue weighted by Crippen LogP contribution is 2.37. The lowest BCUT2D eigenvalue weighted by molar-refractivity contribution is -0.135. The highest BCUT2D eigenvalue weighted by atomic mass is 35.5. The third kappa shape index (κ3) is 6.45. The molecule has 0 N–H and O–H groups in total. The van der Waals surface area contributed by atoms with Crippen LogP contribution in [0.15, 0.2) is 35.5 Å². The SMILES string of the molecule is CCC(=NOCCC=Cc1ccc(Cl)cc1)C1C(=O)CC(C2CCCSC2)CC1=O. The predicted molar refractivity (Wildman–Crippen MR) is 125 cm³/mol. The van der Waals surface area contributed by atoms with Gasteiger partial charge in [-0.2, -0.15) is 11.8 Å². The van der Waals surface area contributed by atoms with Crippen LogP contribution in [0.5, 0.6) is 0 Å². The van der Waals surface area contributed by atoms with Crippen molar-refractivity contribution in [3.63, 3.8) is 0 Å². The predicted octanol–water partition coefficient (Wildman–Crippen LogP) is 5.83. The minimum absolute atomic E-state index is 0.0265. The van der Waals surface area contributed by atoms with Gasteiger partial charge < -0.3 is 4.84 Å². The Morgan fingerprint density at radius 3 is 2.57 bits per heavy atom. The van der Waals surface area contributed by atoms with E-state index in [4.69, 9.17) is 16.4 Å². The third-order valence-corrected chi connectivity index (χ3v) is 7.36. The quantitative estimate of drug-likeness (QED) is 0.217. The molecule has 0 amide bonds. The number of hydrogen-bond donors (Lipinski definition) is 0. The van der Waals surface area contributed by atoms with Gasteiger partial charge in [0, 0.05) is 24.3 Å². The number of rotatable bonds is 8. The van der Waals surface area contributed by atoms with E-state index in [1.165, 1.54) is 12.2 Å². The molecule has 2 fully saturated rings. The van der Waals surface area contributed by atoms with Crippen molar-refractivity contribution in [1.82, 2.24) is 0 Å². The zero-order valence-electron chi connectivity index (χ0n) is 17.5. The van der Waals surface area contributed by atoms with Gasteiger partial charge in [-0.3, -0.25) is 9.59 Å². The van der Waals surface area contributed by atoms with Crippen LogP contribution in [0.3, 0.4) is 0 Å². The molecular formula is C24H30ClNO3S. The molecular weight excluding hydrogens is 418 g/mol. The summed E-state index contributed by atoms with van der Waals surface area (Å²) < 4.78 is 0. The Hall–Kier alpha value is -1.59. The molecule has 6 heteroatoms. The molecule has 1 aromatic rings. The largest absolute Gasteiger partial charge is 0.395 e. The second kappa shape index (κ2) is 11.7. The Bertz CT molecular complexity index is 766. The van der Waals surface area contributed by atoms with Crippen LogP contribution in [-0.4, -0.2) is 35.4 Å². The smallest absolute Gasteiger partial charge is 0.149 e. The number of ketones is 2. The Morgan fingerprint density at radius 1 is 1.20 bits per heavy atom. The van der Waals surface area contributed by atoms with Gasteiger partial charge in [-0.1, -0.05) is 48.0 Å². The van der Waals surface area contributed by atoms with E-state index >= 15 is 0 Å². The fourth-order valence-corrected chi connectivity index (χ4v) is 5.62. The van der Waals surface area contributed by atoms with Gasteiger partial charge in [-0.15, -0.1) is 0 Å². The van der Waals surface area contributed by atoms with E-state index < -0.39 is 5.92 Å². The van der Waals surface area contributed by atoms with Gasteiger partial charge in [0.15, 0.2) is 0 Å². The van der Waals surface area contributed by atoms with Crippen LogP contribution in [0, 0.1) is 17.8 Å². The number of nitrogens with zero attached hydrogens (tertiary/aromatic N) is 1. The Balaban J connectivity index is 1.49. The first kappa shape index (κ1) is 23.1. The lowest BCUT2D eigenvalue weighted by Crippen LogP contribution is -2.41. The topological polar surface area (TPSA) is 55.7 Å². The van der Waals surface area contributed by atoms with Gasteiger partial charge in [-0.05, 0) is 60.3 Å². The molecule has 1 unspecified atom stereocenters. The first-order valence-corrected chi connectivity index (χ1v) is 12.4. The van der Waals surface area contributed by atoms with E-state index in [1.54, 1.807) is 0 Å². The molecule has 1 saturated carbocycles. The summed E-state index contributed by atoms with van der Waals surface area (Å²) in [6, 6.07) is 7.61. The first-order chi connectivity index (χ1) is 14.6. The standard InChI is InChI=1S/C24H30ClNO3S/c1-2-21(26-29-12-4-3-6-17-8-10-20(25)11-9-17)24-22(27)14-19(15-23(24)28)18-7-5-13-30-16-18/h3,6,8-11,18-19,24H,2,4-5,7,12-16H2,1H3. The average molecular weight is 448 g/mol. The summed E-state index contributed by atoms with van der Waals surface area (Å²) in [4.78, 5) is 31.0. The van der Waals surface area contributed by atoms with Crippen LogP contribution in [-0.2, 0) is 14.4 Å². The normalized spacial score (nSPS) is 25.7. The maximum Gasteiger partial charge on any atom is 0.149 e. The zero-order valence-corrected chi connectivity index (χ0v) is 19.1. The molecule has 1 saturated heterocycles. The summed E-state index contributed by atoms with van der Waals surface area (Å²) in [7, 11) is 0. The maximum absolute atomic E-state index is 12.8. The lowest BCUT2D eigenvalue weighted by Gasteiger charge is -2.34. The van der Waals surface area contributed by atoms with Crippen molar-refractivity contribution in [1.29, 1.82) is 0 Å². The number of halogens is 1. The van der Waals surface area contributed by atoms with Crippen molar-refractivity contribution in [2.45, 2.75) is 45.4 Å². The Morgan fingerprint density at radius 2 is 1.93 bits per heavy atom. The molecule has 1 heterocycles. The molecule has 30 heavy (non-hydrogen) atoms. The van der Waals surface area contributed by atoms with Gasteiger partial charge >= 0.3 is 0 Å². The van der Waals surface area contributed by atoms with E-state index in [-0.39, 0.29) is 17.5 Å². The Kier molecular flexibility index (Phi) is 9.01. The highest BCUT2D eigenvalue weighted by Gasteiger charge is 2.41. The van der Waals surface area contributed by atoms with E-state index in [9.17, 15) is 9.59 Å². The molecule has 1 aliphatic heterocycles. The van der Waals surface area contributed by atoms with Crippen molar-refractivity contribution < 1.29 is 14.4 Å². The van der Waals surface area contributed by atoms with Crippen LogP contribution < -0.4 is 0 Å². The number of carbonyl (C=O) groups excluding carboxylic acids is 2. The average Bonchev–Trinajstić information content (AvgIpc) is 2.76. The second-order valence-corrected chi connectivity index (χ2v) is 9.61. The van der Waals surface area contributed by atoms with E-state index in [0.29, 0.717) is 48.9 Å². The Labute approximate surface area is 188 Å². The van der Waals surface area contributed by atoms with Crippen molar-refractivity contribution in [3.8, 4) is 0 Å². The highest BCUT2D eigenvalue weighted by molar-refractivity contribution is 7.99. The molecule has 3 rings (SSSR count). The molecule has 1 atom stereocenters. The fourth-order valence-electron chi connectivity index (χ4n) is 4.21. The van der Waals surface area contributed by atoms with Crippen LogP contribution in [0.25, 0.3) is 6.08 Å². The number of Topliss-reactive ketones (excluding diaryl/α,β-unsaturated/α-hetero) is 2. The maximum atomic E-state index is 12.8. The van der Waals surface area contributed by atoms with Crippen molar-refractivity contribution >= 4 is 46.7 Å². The molecule has 4 nitrogen and oxygen atoms in total. The van der Waals surface area contributed by atoms with Crippen LogP contribution in [0.2, 0.25) is 5.02 Å². The molecule has 1 aromatic carbocycles. The molecule has 0 aromatic heterocycles. The molecule has 2 aliphatic rings.